The Morgan fingerprint density at radius 3 is 3.00 bits per heavy atom. The number of anilines is 1. The van der Waals surface area contributed by atoms with Gasteiger partial charge in [-0.2, -0.15) is 0 Å². The first-order valence-corrected chi connectivity index (χ1v) is 5.03. The van der Waals surface area contributed by atoms with Crippen molar-refractivity contribution in [3.63, 3.8) is 0 Å². The third kappa shape index (κ3) is 1.78. The first kappa shape index (κ1) is 10.3. The van der Waals surface area contributed by atoms with Gasteiger partial charge < -0.3 is 10.8 Å². The zero-order chi connectivity index (χ0) is 11.0. The second-order valence-electron chi connectivity index (χ2n) is 3.53. The number of rotatable bonds is 0. The van der Waals surface area contributed by atoms with Crippen molar-refractivity contribution in [2.45, 2.75) is 12.5 Å². The van der Waals surface area contributed by atoms with Gasteiger partial charge in [0.05, 0.1) is 5.69 Å². The summed E-state index contributed by atoms with van der Waals surface area (Å²) in [5.74, 6) is 0. The third-order valence-electron chi connectivity index (χ3n) is 2.58. The molecule has 1 heterocycles. The molecule has 80 valence electrons. The van der Waals surface area contributed by atoms with Crippen LogP contribution in [0.4, 0.5) is 10.5 Å². The molecule has 0 saturated carbocycles. The van der Waals surface area contributed by atoms with Gasteiger partial charge in [-0.15, -0.1) is 0 Å². The van der Waals surface area contributed by atoms with Gasteiger partial charge in [0, 0.05) is 17.6 Å². The number of carboxylic acid groups (broad SMARTS) is 1. The highest BCUT2D eigenvalue weighted by atomic mass is 35.5. The number of amides is 1. The molecule has 0 fully saturated rings. The molecule has 1 atom stereocenters. The molecular formula is C10H11ClN2O2. The quantitative estimate of drug-likeness (QED) is 0.713. The number of benzene rings is 1. The molecule has 1 amide bonds. The maximum Gasteiger partial charge on any atom is 0.411 e. The van der Waals surface area contributed by atoms with Crippen molar-refractivity contribution in [3.8, 4) is 0 Å². The molecule has 0 spiro atoms. The van der Waals surface area contributed by atoms with E-state index in [4.69, 9.17) is 22.4 Å². The van der Waals surface area contributed by atoms with E-state index < -0.39 is 6.09 Å². The number of fused-ring (bicyclic) bond motifs is 1. The zero-order valence-corrected chi connectivity index (χ0v) is 8.74. The molecule has 4 nitrogen and oxygen atoms in total. The first-order valence-electron chi connectivity index (χ1n) is 4.65. The van der Waals surface area contributed by atoms with Gasteiger partial charge in [0.1, 0.15) is 0 Å². The third-order valence-corrected chi connectivity index (χ3v) is 2.81. The average molecular weight is 227 g/mol. The van der Waals surface area contributed by atoms with Gasteiger partial charge in [0.15, 0.2) is 0 Å². The van der Waals surface area contributed by atoms with E-state index in [1.54, 1.807) is 18.2 Å². The molecule has 2 rings (SSSR count). The molecule has 1 aromatic rings. The van der Waals surface area contributed by atoms with Crippen molar-refractivity contribution < 1.29 is 9.90 Å². The van der Waals surface area contributed by atoms with E-state index in [0.29, 0.717) is 23.7 Å². The largest absolute Gasteiger partial charge is 0.465 e. The van der Waals surface area contributed by atoms with E-state index in [0.717, 1.165) is 5.56 Å². The molecular weight excluding hydrogens is 216 g/mol. The van der Waals surface area contributed by atoms with Crippen molar-refractivity contribution in [2.75, 3.05) is 11.4 Å². The minimum absolute atomic E-state index is 0.104. The fourth-order valence-electron chi connectivity index (χ4n) is 1.81. The van der Waals surface area contributed by atoms with Crippen molar-refractivity contribution in [1.82, 2.24) is 0 Å². The molecule has 0 aromatic heterocycles. The van der Waals surface area contributed by atoms with E-state index in [-0.39, 0.29) is 6.04 Å². The number of nitrogens with two attached hydrogens (primary N) is 1. The molecule has 1 aliphatic rings. The SMILES string of the molecule is NC1CCN(C(=O)O)c2cc(Cl)ccc21. The van der Waals surface area contributed by atoms with E-state index in [1.165, 1.54) is 4.90 Å². The van der Waals surface area contributed by atoms with Crippen molar-refractivity contribution in [1.29, 1.82) is 0 Å². The summed E-state index contributed by atoms with van der Waals surface area (Å²) in [6.07, 6.45) is -0.327. The smallest absolute Gasteiger partial charge is 0.411 e. The minimum Gasteiger partial charge on any atom is -0.465 e. The maximum absolute atomic E-state index is 11.0. The van der Waals surface area contributed by atoms with Crippen molar-refractivity contribution in [2.24, 2.45) is 5.73 Å². The molecule has 1 aromatic carbocycles. The van der Waals surface area contributed by atoms with Crippen LogP contribution in [0.15, 0.2) is 18.2 Å². The summed E-state index contributed by atoms with van der Waals surface area (Å²) >= 11 is 5.83. The van der Waals surface area contributed by atoms with Crippen LogP contribution in [0.3, 0.4) is 0 Å². The van der Waals surface area contributed by atoms with Crippen LogP contribution in [0.2, 0.25) is 5.02 Å². The van der Waals surface area contributed by atoms with Crippen LogP contribution in [0.5, 0.6) is 0 Å². The zero-order valence-electron chi connectivity index (χ0n) is 7.98. The lowest BCUT2D eigenvalue weighted by molar-refractivity contribution is 0.201. The number of carbonyl (C=O) groups is 1. The summed E-state index contributed by atoms with van der Waals surface area (Å²) in [7, 11) is 0. The summed E-state index contributed by atoms with van der Waals surface area (Å²) < 4.78 is 0. The van der Waals surface area contributed by atoms with Gasteiger partial charge in [-0.05, 0) is 24.1 Å². The summed E-state index contributed by atoms with van der Waals surface area (Å²) in [4.78, 5) is 12.3. The van der Waals surface area contributed by atoms with Crippen LogP contribution in [0.25, 0.3) is 0 Å². The van der Waals surface area contributed by atoms with E-state index >= 15 is 0 Å². The lowest BCUT2D eigenvalue weighted by atomic mass is 9.97. The summed E-state index contributed by atoms with van der Waals surface area (Å²) in [6, 6.07) is 5.06. The average Bonchev–Trinajstić information content (AvgIpc) is 2.17. The molecule has 1 aliphatic heterocycles. The standard InChI is InChI=1S/C10H11ClN2O2/c11-6-1-2-7-8(12)3-4-13(10(14)15)9(7)5-6/h1-2,5,8H,3-4,12H2,(H,14,15). The highest BCUT2D eigenvalue weighted by molar-refractivity contribution is 6.31. The summed E-state index contributed by atoms with van der Waals surface area (Å²) in [5.41, 5.74) is 7.34. The molecule has 0 aliphatic carbocycles. The van der Waals surface area contributed by atoms with Gasteiger partial charge in [0.2, 0.25) is 0 Å². The van der Waals surface area contributed by atoms with E-state index in [2.05, 4.69) is 0 Å². The van der Waals surface area contributed by atoms with Gasteiger partial charge in [-0.1, -0.05) is 17.7 Å². The van der Waals surface area contributed by atoms with Crippen LogP contribution in [-0.2, 0) is 0 Å². The molecule has 0 saturated heterocycles. The van der Waals surface area contributed by atoms with Crippen LogP contribution >= 0.6 is 11.6 Å². The normalized spacial score (nSPS) is 19.9. The van der Waals surface area contributed by atoms with Crippen molar-refractivity contribution >= 4 is 23.4 Å². The highest BCUT2D eigenvalue weighted by Crippen LogP contribution is 2.34. The number of hydrogen-bond donors (Lipinski definition) is 2. The Labute approximate surface area is 92.2 Å². The van der Waals surface area contributed by atoms with E-state index in [1.807, 2.05) is 0 Å². The summed E-state index contributed by atoms with van der Waals surface area (Å²) in [5, 5.41) is 9.53. The Morgan fingerprint density at radius 1 is 1.60 bits per heavy atom. The molecule has 3 N–H and O–H groups in total. The fraction of sp³-hybridized carbons (Fsp3) is 0.300. The second kappa shape index (κ2) is 3.72. The van der Waals surface area contributed by atoms with Crippen LogP contribution in [0, 0.1) is 0 Å². The Bertz CT molecular complexity index is 408. The van der Waals surface area contributed by atoms with Gasteiger partial charge >= 0.3 is 6.09 Å². The fourth-order valence-corrected chi connectivity index (χ4v) is 1.97. The Balaban J connectivity index is 2.51. The van der Waals surface area contributed by atoms with Gasteiger partial charge in [0.25, 0.3) is 0 Å². The number of hydrogen-bond acceptors (Lipinski definition) is 2. The predicted octanol–water partition coefficient (Wildman–Crippen LogP) is 2.23. The molecule has 15 heavy (non-hydrogen) atoms. The minimum atomic E-state index is -0.967. The molecule has 0 bridgehead atoms. The molecule has 0 radical (unpaired) electrons. The monoisotopic (exact) mass is 226 g/mol. The lowest BCUT2D eigenvalue weighted by Gasteiger charge is -2.30. The van der Waals surface area contributed by atoms with Crippen LogP contribution < -0.4 is 10.6 Å². The Morgan fingerprint density at radius 2 is 2.33 bits per heavy atom. The lowest BCUT2D eigenvalue weighted by Crippen LogP contribution is -2.37. The molecule has 1 unspecified atom stereocenters. The predicted molar refractivity (Wildman–Crippen MR) is 58.4 cm³/mol. The number of halogens is 1. The second-order valence-corrected chi connectivity index (χ2v) is 3.97. The van der Waals surface area contributed by atoms with Gasteiger partial charge in [-0.3, -0.25) is 4.90 Å². The van der Waals surface area contributed by atoms with Crippen LogP contribution in [0.1, 0.15) is 18.0 Å². The van der Waals surface area contributed by atoms with E-state index in [9.17, 15) is 4.79 Å². The Kier molecular flexibility index (Phi) is 2.54. The van der Waals surface area contributed by atoms with Gasteiger partial charge in [-0.25, -0.2) is 4.79 Å². The number of nitrogens with zero attached hydrogens (tertiary/aromatic N) is 1. The van der Waals surface area contributed by atoms with Crippen molar-refractivity contribution in [3.05, 3.63) is 28.8 Å². The topological polar surface area (TPSA) is 66.6 Å². The highest BCUT2D eigenvalue weighted by Gasteiger charge is 2.26. The summed E-state index contributed by atoms with van der Waals surface area (Å²) in [6.45, 7) is 0.420. The Hall–Kier alpha value is -1.26. The van der Waals surface area contributed by atoms with Crippen LogP contribution in [-0.4, -0.2) is 17.7 Å². The molecule has 5 heteroatoms. The first-order chi connectivity index (χ1) is 7.09. The maximum atomic E-state index is 11.0.